The maximum atomic E-state index is 6.37. The minimum atomic E-state index is -0.103. The van der Waals surface area contributed by atoms with Gasteiger partial charge in [-0.05, 0) is 26.2 Å². The van der Waals surface area contributed by atoms with Crippen LogP contribution in [0.5, 0.6) is 0 Å². The van der Waals surface area contributed by atoms with Crippen LogP contribution in [0.4, 0.5) is 0 Å². The van der Waals surface area contributed by atoms with E-state index < -0.39 is 0 Å². The summed E-state index contributed by atoms with van der Waals surface area (Å²) in [6, 6.07) is 0.418. The summed E-state index contributed by atoms with van der Waals surface area (Å²) >= 11 is 6.37. The van der Waals surface area contributed by atoms with Crippen LogP contribution in [0, 0.1) is 0 Å². The summed E-state index contributed by atoms with van der Waals surface area (Å²) in [6.07, 6.45) is 4.42. The van der Waals surface area contributed by atoms with E-state index in [0.717, 1.165) is 48.4 Å². The first kappa shape index (κ1) is 14.9. The molecule has 0 aliphatic heterocycles. The molecule has 5 nitrogen and oxygen atoms in total. The molecule has 1 fully saturated rings. The minimum Gasteiger partial charge on any atom is -0.381 e. The number of nitrogens with zero attached hydrogens (tertiary/aromatic N) is 4. The number of ether oxygens (including phenoxy) is 1. The Morgan fingerprint density at radius 3 is 2.71 bits per heavy atom. The lowest BCUT2D eigenvalue weighted by atomic mass is 9.89. The molecule has 0 saturated heterocycles. The maximum Gasteiger partial charge on any atom is 0.158 e. The molecule has 0 bridgehead atoms. The van der Waals surface area contributed by atoms with E-state index in [-0.39, 0.29) is 5.38 Å². The molecule has 1 aliphatic rings. The largest absolute Gasteiger partial charge is 0.381 e. The van der Waals surface area contributed by atoms with E-state index in [1.165, 1.54) is 0 Å². The fourth-order valence-corrected chi connectivity index (χ4v) is 3.36. The smallest absolute Gasteiger partial charge is 0.158 e. The number of halogens is 1. The van der Waals surface area contributed by atoms with E-state index in [2.05, 4.69) is 16.6 Å². The Labute approximate surface area is 130 Å². The molecule has 21 heavy (non-hydrogen) atoms. The fraction of sp³-hybridized carbons (Fsp3) is 0.733. The highest BCUT2D eigenvalue weighted by Gasteiger charge is 2.35. The molecule has 0 amide bonds. The summed E-state index contributed by atoms with van der Waals surface area (Å²) in [4.78, 5) is 4.81. The zero-order chi connectivity index (χ0) is 15.1. The SMILES string of the molecule is CCCc1nn(C)c2c1nc(C(C)Cl)n2C1CC(OC)C1. The normalized spacial score (nSPS) is 23.5. The molecule has 1 atom stereocenters. The van der Waals surface area contributed by atoms with E-state index in [1.807, 2.05) is 18.7 Å². The van der Waals surface area contributed by atoms with E-state index in [1.54, 1.807) is 7.11 Å². The van der Waals surface area contributed by atoms with Crippen molar-refractivity contribution in [2.24, 2.45) is 7.05 Å². The number of hydrogen-bond donors (Lipinski definition) is 0. The Kier molecular flexibility index (Phi) is 3.97. The van der Waals surface area contributed by atoms with Gasteiger partial charge in [-0.2, -0.15) is 5.10 Å². The second-order valence-electron chi connectivity index (χ2n) is 5.93. The monoisotopic (exact) mass is 310 g/mol. The summed E-state index contributed by atoms with van der Waals surface area (Å²) in [5.41, 5.74) is 3.19. The number of imidazole rings is 1. The molecule has 0 aromatic carbocycles. The molecule has 2 heterocycles. The third-order valence-corrected chi connectivity index (χ3v) is 4.57. The molecule has 1 saturated carbocycles. The van der Waals surface area contributed by atoms with Crippen molar-refractivity contribution in [3.8, 4) is 0 Å². The molecule has 0 radical (unpaired) electrons. The zero-order valence-electron chi connectivity index (χ0n) is 13.1. The van der Waals surface area contributed by atoms with Crippen molar-refractivity contribution in [2.75, 3.05) is 7.11 Å². The molecule has 1 aliphatic carbocycles. The Morgan fingerprint density at radius 2 is 2.14 bits per heavy atom. The van der Waals surface area contributed by atoms with Crippen molar-refractivity contribution < 1.29 is 4.74 Å². The lowest BCUT2D eigenvalue weighted by Gasteiger charge is -2.36. The Balaban J connectivity index is 2.09. The molecular formula is C15H23ClN4O. The molecule has 2 aromatic rings. The highest BCUT2D eigenvalue weighted by atomic mass is 35.5. The van der Waals surface area contributed by atoms with Crippen molar-refractivity contribution in [1.82, 2.24) is 19.3 Å². The molecule has 6 heteroatoms. The van der Waals surface area contributed by atoms with Crippen LogP contribution in [0.1, 0.15) is 56.0 Å². The predicted molar refractivity (Wildman–Crippen MR) is 83.8 cm³/mol. The van der Waals surface area contributed by atoms with Gasteiger partial charge in [-0.1, -0.05) is 13.3 Å². The van der Waals surface area contributed by atoms with Crippen LogP contribution in [-0.4, -0.2) is 32.5 Å². The number of rotatable bonds is 5. The average molecular weight is 311 g/mol. The third-order valence-electron chi connectivity index (χ3n) is 4.37. The fourth-order valence-electron chi connectivity index (χ4n) is 3.21. The van der Waals surface area contributed by atoms with Crippen molar-refractivity contribution in [1.29, 1.82) is 0 Å². The van der Waals surface area contributed by atoms with Crippen LogP contribution in [0.15, 0.2) is 0 Å². The van der Waals surface area contributed by atoms with E-state index in [0.29, 0.717) is 12.1 Å². The summed E-state index contributed by atoms with van der Waals surface area (Å²) in [5.74, 6) is 0.955. The van der Waals surface area contributed by atoms with Crippen molar-refractivity contribution >= 4 is 22.8 Å². The highest BCUT2D eigenvalue weighted by molar-refractivity contribution is 6.20. The van der Waals surface area contributed by atoms with Gasteiger partial charge < -0.3 is 9.30 Å². The quantitative estimate of drug-likeness (QED) is 0.795. The summed E-state index contributed by atoms with van der Waals surface area (Å²) in [6.45, 7) is 4.15. The first-order valence-electron chi connectivity index (χ1n) is 7.67. The number of fused-ring (bicyclic) bond motifs is 1. The number of alkyl halides is 1. The minimum absolute atomic E-state index is 0.103. The van der Waals surface area contributed by atoms with Gasteiger partial charge in [0.1, 0.15) is 11.3 Å². The van der Waals surface area contributed by atoms with Crippen molar-refractivity contribution in [3.05, 3.63) is 11.5 Å². The van der Waals surface area contributed by atoms with Crippen molar-refractivity contribution in [2.45, 2.75) is 57.1 Å². The van der Waals surface area contributed by atoms with Gasteiger partial charge >= 0.3 is 0 Å². The highest BCUT2D eigenvalue weighted by Crippen LogP contribution is 2.40. The lowest BCUT2D eigenvalue weighted by molar-refractivity contribution is 0.00628. The Morgan fingerprint density at radius 1 is 1.43 bits per heavy atom. The molecule has 2 aromatic heterocycles. The second-order valence-corrected chi connectivity index (χ2v) is 6.59. The molecule has 3 rings (SSSR count). The van der Waals surface area contributed by atoms with Crippen LogP contribution in [0.3, 0.4) is 0 Å². The molecule has 0 spiro atoms. The number of aryl methyl sites for hydroxylation is 2. The third kappa shape index (κ3) is 2.36. The molecule has 0 N–H and O–H groups in total. The van der Waals surface area contributed by atoms with Crippen LogP contribution < -0.4 is 0 Å². The molecule has 116 valence electrons. The predicted octanol–water partition coefficient (Wildman–Crippen LogP) is 3.37. The summed E-state index contributed by atoms with van der Waals surface area (Å²) < 4.78 is 9.65. The van der Waals surface area contributed by atoms with Gasteiger partial charge in [0, 0.05) is 20.2 Å². The average Bonchev–Trinajstić information content (AvgIpc) is 2.89. The van der Waals surface area contributed by atoms with Crippen LogP contribution in [0.25, 0.3) is 11.2 Å². The maximum absolute atomic E-state index is 6.37. The lowest BCUT2D eigenvalue weighted by Crippen LogP contribution is -2.33. The second kappa shape index (κ2) is 5.61. The summed E-state index contributed by atoms with van der Waals surface area (Å²) in [5, 5.41) is 4.54. The van der Waals surface area contributed by atoms with Gasteiger partial charge in [0.15, 0.2) is 5.65 Å². The van der Waals surface area contributed by atoms with Crippen molar-refractivity contribution in [3.63, 3.8) is 0 Å². The van der Waals surface area contributed by atoms with Crippen LogP contribution in [0.2, 0.25) is 0 Å². The first-order valence-corrected chi connectivity index (χ1v) is 8.11. The van der Waals surface area contributed by atoms with Gasteiger partial charge in [-0.15, -0.1) is 11.6 Å². The van der Waals surface area contributed by atoms with E-state index >= 15 is 0 Å². The first-order chi connectivity index (χ1) is 10.1. The number of hydrogen-bond acceptors (Lipinski definition) is 3. The number of aromatic nitrogens is 4. The van der Waals surface area contributed by atoms with Gasteiger partial charge in [0.05, 0.1) is 17.2 Å². The Hall–Kier alpha value is -1.07. The topological polar surface area (TPSA) is 44.9 Å². The summed E-state index contributed by atoms with van der Waals surface area (Å²) in [7, 11) is 3.77. The van der Waals surface area contributed by atoms with Gasteiger partial charge in [0.2, 0.25) is 0 Å². The van der Waals surface area contributed by atoms with Gasteiger partial charge in [0.25, 0.3) is 0 Å². The van der Waals surface area contributed by atoms with Crippen LogP contribution in [-0.2, 0) is 18.2 Å². The molecular weight excluding hydrogens is 288 g/mol. The standard InChI is InChI=1S/C15H23ClN4O/c1-5-6-12-13-15(19(3)18-12)20(14(17-13)9(2)16)10-7-11(8-10)21-4/h9-11H,5-8H2,1-4H3. The van der Waals surface area contributed by atoms with E-state index in [9.17, 15) is 0 Å². The zero-order valence-corrected chi connectivity index (χ0v) is 13.9. The van der Waals surface area contributed by atoms with Crippen LogP contribution >= 0.6 is 11.6 Å². The van der Waals surface area contributed by atoms with Gasteiger partial charge in [-0.3, -0.25) is 4.68 Å². The van der Waals surface area contributed by atoms with Gasteiger partial charge in [-0.25, -0.2) is 4.98 Å². The van der Waals surface area contributed by atoms with E-state index in [4.69, 9.17) is 21.3 Å². The Bertz CT molecular complexity index is 640. The molecule has 1 unspecified atom stereocenters. The number of methoxy groups -OCH3 is 1.